The number of carbonyl (C=O) groups is 1. The van der Waals surface area contributed by atoms with E-state index in [0.717, 1.165) is 37.7 Å². The first-order valence-electron chi connectivity index (χ1n) is 7.98. The van der Waals surface area contributed by atoms with Crippen molar-refractivity contribution in [3.63, 3.8) is 0 Å². The second-order valence-electron chi connectivity index (χ2n) is 5.70. The van der Waals surface area contributed by atoms with Crippen molar-refractivity contribution >= 4 is 6.09 Å². The zero-order valence-corrected chi connectivity index (χ0v) is 13.1. The molecule has 0 spiro atoms. The summed E-state index contributed by atoms with van der Waals surface area (Å²) in [6, 6.07) is 10.1. The van der Waals surface area contributed by atoms with Crippen molar-refractivity contribution < 1.29 is 9.53 Å². The van der Waals surface area contributed by atoms with Crippen molar-refractivity contribution in [2.45, 2.75) is 50.8 Å². The van der Waals surface area contributed by atoms with E-state index in [0.29, 0.717) is 6.61 Å². The van der Waals surface area contributed by atoms with Crippen molar-refractivity contribution in [3.8, 4) is 0 Å². The van der Waals surface area contributed by atoms with Crippen LogP contribution in [-0.4, -0.2) is 23.1 Å². The van der Waals surface area contributed by atoms with Crippen LogP contribution in [0.1, 0.15) is 37.7 Å². The van der Waals surface area contributed by atoms with Gasteiger partial charge in [0.1, 0.15) is 6.61 Å². The number of nitrogens with zero attached hydrogens (tertiary/aromatic N) is 1. The molecule has 1 aromatic rings. The number of allylic oxidation sites excluding steroid dienone is 1. The molecule has 1 amide bonds. The summed E-state index contributed by atoms with van der Waals surface area (Å²) in [6.07, 6.45) is 8.51. The number of benzene rings is 1. The van der Waals surface area contributed by atoms with Crippen LogP contribution >= 0.6 is 0 Å². The number of hydrogen-bond donors (Lipinski definition) is 0. The van der Waals surface area contributed by atoms with Gasteiger partial charge >= 0.3 is 6.09 Å². The molecule has 1 aromatic carbocycles. The minimum atomic E-state index is -0.234. The van der Waals surface area contributed by atoms with Gasteiger partial charge in [0.2, 0.25) is 0 Å². The Bertz CT molecular complexity index is 497. The van der Waals surface area contributed by atoms with Gasteiger partial charge in [0.25, 0.3) is 0 Å². The van der Waals surface area contributed by atoms with Gasteiger partial charge in [-0.15, -0.1) is 13.2 Å². The average Bonchev–Trinajstić information content (AvgIpc) is 2.58. The zero-order chi connectivity index (χ0) is 15.8. The van der Waals surface area contributed by atoms with Crippen molar-refractivity contribution in [1.29, 1.82) is 0 Å². The van der Waals surface area contributed by atoms with Crippen molar-refractivity contribution in [2.75, 3.05) is 0 Å². The summed E-state index contributed by atoms with van der Waals surface area (Å²) in [5.74, 6) is 0. The molecule has 0 saturated carbocycles. The monoisotopic (exact) mass is 299 g/mol. The predicted molar refractivity (Wildman–Crippen MR) is 89.5 cm³/mol. The Labute approximate surface area is 133 Å². The van der Waals surface area contributed by atoms with Crippen molar-refractivity contribution in [3.05, 3.63) is 61.2 Å². The highest BCUT2D eigenvalue weighted by atomic mass is 16.6. The summed E-state index contributed by atoms with van der Waals surface area (Å²) in [5.41, 5.74) is 1.01. The SMILES string of the molecule is C=CCC[C@@H]1CCC[C@H](C=C)N1C(=O)OCc1ccccc1. The molecule has 1 saturated heterocycles. The molecule has 3 heteroatoms. The lowest BCUT2D eigenvalue weighted by atomic mass is 9.93. The van der Waals surface area contributed by atoms with E-state index in [2.05, 4.69) is 13.2 Å². The minimum absolute atomic E-state index is 0.0758. The molecular formula is C19H25NO2. The van der Waals surface area contributed by atoms with E-state index < -0.39 is 0 Å². The van der Waals surface area contributed by atoms with Gasteiger partial charge in [0.05, 0.1) is 6.04 Å². The number of ether oxygens (including phenoxy) is 1. The number of likely N-dealkylation sites (tertiary alicyclic amines) is 1. The molecule has 22 heavy (non-hydrogen) atoms. The smallest absolute Gasteiger partial charge is 0.410 e. The molecule has 2 rings (SSSR count). The highest BCUT2D eigenvalue weighted by Crippen LogP contribution is 2.27. The van der Waals surface area contributed by atoms with Gasteiger partial charge in [-0.05, 0) is 37.7 Å². The van der Waals surface area contributed by atoms with Crippen LogP contribution in [0.3, 0.4) is 0 Å². The number of amides is 1. The molecule has 3 nitrogen and oxygen atoms in total. The Morgan fingerprint density at radius 2 is 2.05 bits per heavy atom. The molecule has 1 heterocycles. The third-order valence-corrected chi connectivity index (χ3v) is 4.18. The van der Waals surface area contributed by atoms with Gasteiger partial charge in [-0.25, -0.2) is 4.79 Å². The standard InChI is InChI=1S/C19H25NO2/c1-3-5-12-18-14-9-13-17(4-2)20(18)19(21)22-15-16-10-7-6-8-11-16/h3-4,6-8,10-11,17-18H,1-2,5,9,12-15H2/t17-,18+/m0/s1. The highest BCUT2D eigenvalue weighted by molar-refractivity contribution is 5.69. The molecule has 0 N–H and O–H groups in total. The molecule has 2 atom stereocenters. The van der Waals surface area contributed by atoms with Crippen molar-refractivity contribution in [1.82, 2.24) is 4.90 Å². The van der Waals surface area contributed by atoms with Crippen LogP contribution in [0, 0.1) is 0 Å². The molecular weight excluding hydrogens is 274 g/mol. The summed E-state index contributed by atoms with van der Waals surface area (Å²) < 4.78 is 5.52. The summed E-state index contributed by atoms with van der Waals surface area (Å²) in [4.78, 5) is 14.4. The van der Waals surface area contributed by atoms with Crippen LogP contribution in [0.15, 0.2) is 55.6 Å². The lowest BCUT2D eigenvalue weighted by Crippen LogP contribution is -2.49. The maximum atomic E-state index is 12.5. The second kappa shape index (κ2) is 8.42. The van der Waals surface area contributed by atoms with Crippen LogP contribution in [-0.2, 0) is 11.3 Å². The van der Waals surface area contributed by atoms with Gasteiger partial charge in [0.15, 0.2) is 0 Å². The summed E-state index contributed by atoms with van der Waals surface area (Å²) in [5, 5.41) is 0. The van der Waals surface area contributed by atoms with E-state index >= 15 is 0 Å². The summed E-state index contributed by atoms with van der Waals surface area (Å²) in [7, 11) is 0. The minimum Gasteiger partial charge on any atom is -0.445 e. The largest absolute Gasteiger partial charge is 0.445 e. The lowest BCUT2D eigenvalue weighted by Gasteiger charge is -2.40. The van der Waals surface area contributed by atoms with Gasteiger partial charge < -0.3 is 4.74 Å². The quantitative estimate of drug-likeness (QED) is 0.713. The van der Waals surface area contributed by atoms with Crippen LogP contribution < -0.4 is 0 Å². The first kappa shape index (κ1) is 16.3. The van der Waals surface area contributed by atoms with Crippen LogP contribution in [0.2, 0.25) is 0 Å². The fraction of sp³-hybridized carbons (Fsp3) is 0.421. The van der Waals surface area contributed by atoms with Crippen LogP contribution in [0.25, 0.3) is 0 Å². The Kier molecular flexibility index (Phi) is 6.26. The van der Waals surface area contributed by atoms with Gasteiger partial charge in [0, 0.05) is 6.04 Å². The molecule has 0 unspecified atom stereocenters. The van der Waals surface area contributed by atoms with E-state index in [-0.39, 0.29) is 18.2 Å². The zero-order valence-electron chi connectivity index (χ0n) is 13.1. The van der Waals surface area contributed by atoms with Gasteiger partial charge in [-0.3, -0.25) is 4.90 Å². The average molecular weight is 299 g/mol. The second-order valence-corrected chi connectivity index (χ2v) is 5.70. The Morgan fingerprint density at radius 1 is 1.27 bits per heavy atom. The number of piperidine rings is 1. The maximum Gasteiger partial charge on any atom is 0.410 e. The third kappa shape index (κ3) is 4.23. The van der Waals surface area contributed by atoms with E-state index in [1.807, 2.05) is 47.4 Å². The normalized spacial score (nSPS) is 21.2. The molecule has 0 aliphatic carbocycles. The molecule has 118 valence electrons. The predicted octanol–water partition coefficient (Wildman–Crippen LogP) is 4.70. The first-order valence-corrected chi connectivity index (χ1v) is 7.98. The maximum absolute atomic E-state index is 12.5. The Morgan fingerprint density at radius 3 is 2.73 bits per heavy atom. The Balaban J connectivity index is 2.01. The van der Waals surface area contributed by atoms with E-state index in [1.165, 1.54) is 0 Å². The first-order chi connectivity index (χ1) is 10.8. The highest BCUT2D eigenvalue weighted by Gasteiger charge is 2.33. The number of rotatable bonds is 6. The fourth-order valence-corrected chi connectivity index (χ4v) is 3.01. The molecule has 1 fully saturated rings. The van der Waals surface area contributed by atoms with E-state index in [4.69, 9.17) is 4.74 Å². The van der Waals surface area contributed by atoms with Gasteiger partial charge in [-0.1, -0.05) is 42.5 Å². The molecule has 0 bridgehead atoms. The fourth-order valence-electron chi connectivity index (χ4n) is 3.01. The van der Waals surface area contributed by atoms with Crippen LogP contribution in [0.5, 0.6) is 0 Å². The third-order valence-electron chi connectivity index (χ3n) is 4.18. The summed E-state index contributed by atoms with van der Waals surface area (Å²) in [6.45, 7) is 7.97. The molecule has 1 aliphatic rings. The molecule has 1 aliphatic heterocycles. The molecule has 0 aromatic heterocycles. The Hall–Kier alpha value is -2.03. The van der Waals surface area contributed by atoms with Crippen LogP contribution in [0.4, 0.5) is 4.79 Å². The lowest BCUT2D eigenvalue weighted by molar-refractivity contribution is 0.0509. The van der Waals surface area contributed by atoms with E-state index in [9.17, 15) is 4.79 Å². The number of hydrogen-bond acceptors (Lipinski definition) is 2. The van der Waals surface area contributed by atoms with Gasteiger partial charge in [-0.2, -0.15) is 0 Å². The molecule has 0 radical (unpaired) electrons. The number of carbonyl (C=O) groups excluding carboxylic acids is 1. The van der Waals surface area contributed by atoms with E-state index in [1.54, 1.807) is 0 Å². The van der Waals surface area contributed by atoms with Crippen molar-refractivity contribution in [2.24, 2.45) is 0 Å². The topological polar surface area (TPSA) is 29.5 Å². The summed E-state index contributed by atoms with van der Waals surface area (Å²) >= 11 is 0.